The first kappa shape index (κ1) is 52.6. The van der Waals surface area contributed by atoms with E-state index in [2.05, 4.69) is 63.7 Å². The quantitative estimate of drug-likeness (QED) is 0.130. The zero-order valence-electron chi connectivity index (χ0n) is 47.1. The number of carbonyl (C=O) groups is 2. The fourth-order valence-electron chi connectivity index (χ4n) is 12.9. The van der Waals surface area contributed by atoms with E-state index in [4.69, 9.17) is 0 Å². The fraction of sp³-hybridized carbons (Fsp3) is 0. The first-order valence-corrected chi connectivity index (χ1v) is 28.7. The zero-order valence-corrected chi connectivity index (χ0v) is 47.1. The van der Waals surface area contributed by atoms with Gasteiger partial charge in [0.25, 0.3) is 11.8 Å². The van der Waals surface area contributed by atoms with E-state index in [1.807, 2.05) is 188 Å². The summed E-state index contributed by atoms with van der Waals surface area (Å²) in [5, 5.41) is 55.1. The van der Waals surface area contributed by atoms with Crippen molar-refractivity contribution >= 4 is 61.1 Å². The number of imide groups is 1. The standard InChI is InChI=1S/C79H42N8O2/c80-43-48-11-6-17-53(33-48)57-25-29-71-65(37-57)66-38-58(54-18-7-12-49(34-54)44-81)26-30-72(66)85(71)75-42-69(63-22-10-23-64-77(63)79(89)87(78(64)88)70-24-5-4-21-62(70)52-15-2-1-3-16-52)76(41-61(75)47-84)86-73-31-27-59(55-19-8-13-50(35-55)45-82)39-67(73)68-40-60(28-32-74(68)86)56-20-9-14-51(36-56)46-83/h1-42H. The van der Waals surface area contributed by atoms with Gasteiger partial charge >= 0.3 is 0 Å². The van der Waals surface area contributed by atoms with Gasteiger partial charge in [0.2, 0.25) is 0 Å². The van der Waals surface area contributed by atoms with Crippen molar-refractivity contribution in [2.45, 2.75) is 0 Å². The molecule has 0 spiro atoms. The molecular formula is C79H42N8O2. The van der Waals surface area contributed by atoms with Crippen LogP contribution in [0.2, 0.25) is 0 Å². The van der Waals surface area contributed by atoms with Crippen LogP contribution in [0, 0.1) is 56.7 Å². The van der Waals surface area contributed by atoms with Crippen LogP contribution in [0.5, 0.6) is 0 Å². The summed E-state index contributed by atoms with van der Waals surface area (Å²) in [6.45, 7) is 0. The first-order valence-electron chi connectivity index (χ1n) is 28.7. The van der Waals surface area contributed by atoms with Gasteiger partial charge in [0.05, 0.1) is 102 Å². The van der Waals surface area contributed by atoms with E-state index in [0.29, 0.717) is 61.6 Å². The maximum Gasteiger partial charge on any atom is 0.266 e. The van der Waals surface area contributed by atoms with Gasteiger partial charge < -0.3 is 9.13 Å². The largest absolute Gasteiger partial charge is 0.309 e. The molecule has 410 valence electrons. The molecule has 2 aromatic heterocycles. The Kier molecular flexibility index (Phi) is 12.5. The van der Waals surface area contributed by atoms with Crippen LogP contribution < -0.4 is 4.90 Å². The lowest BCUT2D eigenvalue weighted by Crippen LogP contribution is -2.30. The number of nitriles is 5. The molecule has 0 atom stereocenters. The van der Waals surface area contributed by atoms with Crippen molar-refractivity contribution in [1.82, 2.24) is 9.13 Å². The highest BCUT2D eigenvalue weighted by molar-refractivity contribution is 6.37. The fourth-order valence-corrected chi connectivity index (χ4v) is 12.9. The number of benzene rings is 12. The summed E-state index contributed by atoms with van der Waals surface area (Å²) in [5.74, 6) is -0.979. The zero-order chi connectivity index (χ0) is 60.4. The maximum absolute atomic E-state index is 15.8. The van der Waals surface area contributed by atoms with Crippen molar-refractivity contribution in [3.63, 3.8) is 0 Å². The molecule has 0 radical (unpaired) electrons. The molecule has 0 fully saturated rings. The van der Waals surface area contributed by atoms with Gasteiger partial charge in [-0.2, -0.15) is 26.3 Å². The van der Waals surface area contributed by atoms with Gasteiger partial charge in [-0.15, -0.1) is 0 Å². The predicted molar refractivity (Wildman–Crippen MR) is 349 cm³/mol. The second kappa shape index (κ2) is 21.2. The van der Waals surface area contributed by atoms with Gasteiger partial charge in [-0.1, -0.05) is 133 Å². The summed E-state index contributed by atoms with van der Waals surface area (Å²) in [4.78, 5) is 32.2. The number of aromatic nitrogens is 2. The van der Waals surface area contributed by atoms with Crippen LogP contribution in [-0.2, 0) is 0 Å². The Balaban J connectivity index is 1.03. The van der Waals surface area contributed by atoms with Crippen molar-refractivity contribution in [2.24, 2.45) is 0 Å². The van der Waals surface area contributed by atoms with Crippen LogP contribution in [0.25, 0.3) is 122 Å². The molecule has 0 saturated heterocycles. The third-order valence-electron chi connectivity index (χ3n) is 17.0. The van der Waals surface area contributed by atoms with E-state index in [1.54, 1.807) is 42.5 Å². The number of carbonyl (C=O) groups excluding carboxylic acids is 2. The molecule has 1 aliphatic rings. The van der Waals surface area contributed by atoms with Gasteiger partial charge in [0.15, 0.2) is 0 Å². The smallest absolute Gasteiger partial charge is 0.266 e. The first-order chi connectivity index (χ1) is 43.7. The van der Waals surface area contributed by atoms with Gasteiger partial charge in [-0.25, -0.2) is 4.90 Å². The summed E-state index contributed by atoms with van der Waals surface area (Å²) >= 11 is 0. The third kappa shape index (κ3) is 8.68. The Morgan fingerprint density at radius 1 is 0.258 bits per heavy atom. The van der Waals surface area contributed by atoms with Gasteiger partial charge in [0, 0.05) is 32.7 Å². The van der Waals surface area contributed by atoms with E-state index in [9.17, 15) is 26.3 Å². The molecule has 1 aliphatic heterocycles. The van der Waals surface area contributed by atoms with Crippen molar-refractivity contribution in [1.29, 1.82) is 26.3 Å². The third-order valence-corrected chi connectivity index (χ3v) is 17.0. The molecule has 15 rings (SSSR count). The second-order valence-corrected chi connectivity index (χ2v) is 21.9. The number of anilines is 1. The van der Waals surface area contributed by atoms with Gasteiger partial charge in [-0.05, 0) is 177 Å². The van der Waals surface area contributed by atoms with Gasteiger partial charge in [-0.3, -0.25) is 9.59 Å². The van der Waals surface area contributed by atoms with E-state index in [1.165, 1.54) is 4.90 Å². The average molecular weight is 1140 g/mol. The number of amides is 2. The number of hydrogen-bond donors (Lipinski definition) is 0. The van der Waals surface area contributed by atoms with Crippen LogP contribution >= 0.6 is 0 Å². The summed E-state index contributed by atoms with van der Waals surface area (Å²) in [6, 6.07) is 92.5. The Morgan fingerprint density at radius 2 is 0.629 bits per heavy atom. The Morgan fingerprint density at radius 3 is 1.07 bits per heavy atom. The van der Waals surface area contributed by atoms with E-state index < -0.39 is 11.8 Å². The molecular weight excluding hydrogens is 1090 g/mol. The lowest BCUT2D eigenvalue weighted by molar-refractivity contribution is 0.0926. The van der Waals surface area contributed by atoms with Crippen LogP contribution in [0.3, 0.4) is 0 Å². The van der Waals surface area contributed by atoms with Crippen molar-refractivity contribution in [2.75, 3.05) is 4.90 Å². The van der Waals surface area contributed by atoms with Crippen LogP contribution in [0.4, 0.5) is 5.69 Å². The van der Waals surface area contributed by atoms with Crippen LogP contribution in [0.1, 0.15) is 48.5 Å². The van der Waals surface area contributed by atoms with Crippen molar-refractivity contribution in [3.05, 3.63) is 294 Å². The minimum absolute atomic E-state index is 0.202. The number of para-hydroxylation sites is 1. The number of nitrogens with zero attached hydrogens (tertiary/aromatic N) is 8. The van der Waals surface area contributed by atoms with Gasteiger partial charge in [0.1, 0.15) is 6.07 Å². The molecule has 0 N–H and O–H groups in total. The van der Waals surface area contributed by atoms with E-state index in [-0.39, 0.29) is 11.1 Å². The number of hydrogen-bond acceptors (Lipinski definition) is 7. The minimum atomic E-state index is -0.505. The molecule has 0 saturated carbocycles. The van der Waals surface area contributed by atoms with Crippen LogP contribution in [-0.4, -0.2) is 20.9 Å². The second-order valence-electron chi connectivity index (χ2n) is 21.9. The molecule has 12 aromatic carbocycles. The van der Waals surface area contributed by atoms with Crippen molar-refractivity contribution < 1.29 is 9.59 Å². The Bertz CT molecular complexity index is 5410. The monoisotopic (exact) mass is 1130 g/mol. The molecule has 0 bridgehead atoms. The highest BCUT2D eigenvalue weighted by Gasteiger charge is 2.40. The van der Waals surface area contributed by atoms with E-state index >= 15 is 9.59 Å². The molecule has 14 aromatic rings. The normalized spacial score (nSPS) is 11.8. The highest BCUT2D eigenvalue weighted by Crippen LogP contribution is 2.47. The molecule has 89 heavy (non-hydrogen) atoms. The van der Waals surface area contributed by atoms with Crippen LogP contribution in [0.15, 0.2) is 255 Å². The average Bonchev–Trinajstić information content (AvgIpc) is 1.67. The Hall–Kier alpha value is -13.2. The SMILES string of the molecule is N#Cc1cccc(-c2ccc3c(c2)c2cc(-c4cccc(C#N)c4)ccc2n3-c2cc(-c3cccc4c3C(=O)N(c3ccccc3-c3ccccc3)C4=O)c(-n3c4ccc(-c5cccc(C#N)c5)cc4c4cc(-c5cccc(C#N)c5)ccc43)cc2C#N)c1. The summed E-state index contributed by atoms with van der Waals surface area (Å²) in [7, 11) is 0. The molecule has 0 aliphatic carbocycles. The molecule has 0 unspecified atom stereocenters. The summed E-state index contributed by atoms with van der Waals surface area (Å²) in [5.41, 5.74) is 16.8. The Labute approximate surface area is 510 Å². The summed E-state index contributed by atoms with van der Waals surface area (Å²) < 4.78 is 4.20. The number of fused-ring (bicyclic) bond motifs is 7. The highest BCUT2D eigenvalue weighted by atomic mass is 16.2. The molecule has 10 nitrogen and oxygen atoms in total. The molecule has 10 heteroatoms. The molecule has 3 heterocycles. The lowest BCUT2D eigenvalue weighted by Gasteiger charge is -2.20. The maximum atomic E-state index is 15.8. The van der Waals surface area contributed by atoms with Crippen molar-refractivity contribution in [3.8, 4) is 108 Å². The minimum Gasteiger partial charge on any atom is -0.309 e. The predicted octanol–water partition coefficient (Wildman–Crippen LogP) is 18.0. The topological polar surface area (TPSA) is 166 Å². The van der Waals surface area contributed by atoms with E-state index in [0.717, 1.165) is 93.7 Å². The lowest BCUT2D eigenvalue weighted by atomic mass is 9.93. The summed E-state index contributed by atoms with van der Waals surface area (Å²) in [6.07, 6.45) is 0. The number of rotatable bonds is 9. The molecule has 2 amide bonds.